The normalized spacial score (nSPS) is 20.0. The molecule has 22 heteroatoms. The zero-order valence-electron chi connectivity index (χ0n) is 22.7. The third kappa shape index (κ3) is 6.98. The van der Waals surface area contributed by atoms with E-state index in [1.807, 2.05) is 0 Å². The highest BCUT2D eigenvalue weighted by Crippen LogP contribution is 2.40. The van der Waals surface area contributed by atoms with Crippen LogP contribution >= 0.6 is 11.3 Å². The summed E-state index contributed by atoms with van der Waals surface area (Å²) in [7, 11) is -3.50. The number of hydrogen-bond acceptors (Lipinski definition) is 14. The van der Waals surface area contributed by atoms with Crippen LogP contribution in [0.5, 0.6) is 0 Å². The Morgan fingerprint density at radius 1 is 1.37 bits per heavy atom. The van der Waals surface area contributed by atoms with Gasteiger partial charge in [-0.3, -0.25) is 19.1 Å². The Balaban J connectivity index is 1.54. The van der Waals surface area contributed by atoms with Crippen molar-refractivity contribution >= 4 is 56.2 Å². The number of anilines is 1. The van der Waals surface area contributed by atoms with E-state index in [1.165, 1.54) is 18.6 Å². The zero-order valence-corrected chi connectivity index (χ0v) is 24.4. The summed E-state index contributed by atoms with van der Waals surface area (Å²) in [5, 5.41) is 25.3. The number of carboxylic acid groups (broad SMARTS) is 1. The number of oxime groups is 1. The summed E-state index contributed by atoms with van der Waals surface area (Å²) in [5.74, 6) is -3.21. The van der Waals surface area contributed by atoms with Crippen LogP contribution in [0.4, 0.5) is 5.13 Å². The minimum atomic E-state index is -5.03. The van der Waals surface area contributed by atoms with Gasteiger partial charge in [0.05, 0.1) is 19.3 Å². The molecule has 4 rings (SSSR count). The lowest BCUT2D eigenvalue weighted by molar-refractivity contribution is -0.153. The Hall–Kier alpha value is -4.41. The molecular formula is C21H30N12O8S2. The van der Waals surface area contributed by atoms with Crippen molar-refractivity contribution in [2.24, 2.45) is 21.6 Å². The number of β-lactam (4-membered cyclic amide) rings is 1. The molecule has 1 aliphatic carbocycles. The van der Waals surface area contributed by atoms with E-state index in [0.29, 0.717) is 25.2 Å². The molecule has 0 spiro atoms. The number of hydrogen-bond donors (Lipinski definition) is 6. The SMILES string of the molecule is CN=C(N)N(CCCN)Cc1cnn(C[C@H]2[C@H](NC(=O)C(=NOC3(C(=O)O)CC3)c3csc(N)n3)C(=O)N2S(=O)(=O)O)n1. The van der Waals surface area contributed by atoms with Crippen molar-refractivity contribution in [3.8, 4) is 0 Å². The Labute approximate surface area is 248 Å². The Morgan fingerprint density at radius 2 is 2.09 bits per heavy atom. The quantitative estimate of drug-likeness (QED) is 0.0392. The number of thiazole rings is 1. The molecule has 2 aromatic rings. The van der Waals surface area contributed by atoms with Crippen molar-refractivity contribution in [3.05, 3.63) is 23.0 Å². The number of carbonyl (C=O) groups excluding carboxylic acids is 2. The lowest BCUT2D eigenvalue weighted by Crippen LogP contribution is -2.73. The zero-order chi connectivity index (χ0) is 31.5. The van der Waals surface area contributed by atoms with Crippen molar-refractivity contribution < 1.29 is 37.3 Å². The topological polar surface area (TPSA) is 300 Å². The smallest absolute Gasteiger partial charge is 0.362 e. The van der Waals surface area contributed by atoms with Gasteiger partial charge in [-0.05, 0) is 13.0 Å². The second-order valence-corrected chi connectivity index (χ2v) is 11.7. The first-order chi connectivity index (χ1) is 20.3. The van der Waals surface area contributed by atoms with Crippen molar-refractivity contribution in [2.75, 3.05) is 25.9 Å². The van der Waals surface area contributed by atoms with Gasteiger partial charge in [-0.2, -0.15) is 23.4 Å². The molecule has 3 heterocycles. The van der Waals surface area contributed by atoms with E-state index in [-0.39, 0.29) is 47.0 Å². The molecule has 20 nitrogen and oxygen atoms in total. The van der Waals surface area contributed by atoms with E-state index < -0.39 is 51.5 Å². The molecule has 2 atom stereocenters. The minimum absolute atomic E-state index is 0.0661. The number of aliphatic carboxylic acids is 1. The maximum Gasteiger partial charge on any atom is 0.362 e. The van der Waals surface area contributed by atoms with Gasteiger partial charge in [0.2, 0.25) is 5.60 Å². The number of aromatic nitrogens is 4. The Kier molecular flexibility index (Phi) is 9.12. The van der Waals surface area contributed by atoms with E-state index in [2.05, 4.69) is 30.6 Å². The Morgan fingerprint density at radius 3 is 2.65 bits per heavy atom. The third-order valence-electron chi connectivity index (χ3n) is 6.56. The average Bonchev–Trinajstić information content (AvgIpc) is 3.42. The molecule has 43 heavy (non-hydrogen) atoms. The number of nitrogens with zero attached hydrogens (tertiary/aromatic N) is 8. The average molecular weight is 643 g/mol. The predicted molar refractivity (Wildman–Crippen MR) is 150 cm³/mol. The van der Waals surface area contributed by atoms with E-state index in [4.69, 9.17) is 22.0 Å². The number of nitrogens with two attached hydrogens (primary N) is 3. The van der Waals surface area contributed by atoms with Crippen LogP contribution in [0.2, 0.25) is 0 Å². The molecule has 9 N–H and O–H groups in total. The molecule has 2 aliphatic rings. The Bertz CT molecular complexity index is 1550. The van der Waals surface area contributed by atoms with Gasteiger partial charge in [0.1, 0.15) is 23.5 Å². The molecule has 0 bridgehead atoms. The number of carboxylic acids is 1. The standard InChI is InChI=1S/C21H30N12O8S2/c1-25-19(23)31(6-2-5-22)8-11-7-26-32(29-11)9-13-15(17(35)33(13)43(38,39)40)28-16(34)14(12-10-42-20(24)27-12)30-41-21(3-4-21)18(36)37/h7,10,13,15H,2-6,8-9,22H2,1H3,(H2,23,25)(H2,24,27)(H,28,34)(H,36,37)(H,38,39,40)/t13-,15-/m0/s1. The minimum Gasteiger partial charge on any atom is -0.478 e. The van der Waals surface area contributed by atoms with Gasteiger partial charge in [-0.15, -0.1) is 11.3 Å². The largest absolute Gasteiger partial charge is 0.478 e. The number of rotatable bonds is 14. The van der Waals surface area contributed by atoms with E-state index in [9.17, 15) is 32.5 Å². The first kappa shape index (κ1) is 31.5. The number of carbonyl (C=O) groups is 3. The monoisotopic (exact) mass is 642 g/mol. The maximum atomic E-state index is 13.3. The highest BCUT2D eigenvalue weighted by Gasteiger charge is 2.56. The molecular weight excluding hydrogens is 612 g/mol. The first-order valence-corrected chi connectivity index (χ1v) is 15.0. The molecule has 1 saturated carbocycles. The van der Waals surface area contributed by atoms with Gasteiger partial charge in [-0.1, -0.05) is 5.16 Å². The first-order valence-electron chi connectivity index (χ1n) is 12.7. The molecule has 0 aromatic carbocycles. The highest BCUT2D eigenvalue weighted by atomic mass is 32.2. The summed E-state index contributed by atoms with van der Waals surface area (Å²) in [6, 6.07) is -2.83. The molecule has 2 fully saturated rings. The molecule has 234 valence electrons. The van der Waals surface area contributed by atoms with Gasteiger partial charge >= 0.3 is 16.3 Å². The molecule has 0 unspecified atom stereocenters. The number of nitrogens with one attached hydrogen (secondary N) is 1. The van der Waals surface area contributed by atoms with Crippen molar-refractivity contribution in [1.82, 2.24) is 34.5 Å². The summed E-state index contributed by atoms with van der Waals surface area (Å²) in [6.07, 6.45) is 2.34. The third-order valence-corrected chi connectivity index (χ3v) is 8.18. The lowest BCUT2D eigenvalue weighted by Gasteiger charge is -2.43. The van der Waals surface area contributed by atoms with Crippen LogP contribution in [0.3, 0.4) is 0 Å². The lowest BCUT2D eigenvalue weighted by atomic mass is 9.98. The molecule has 1 saturated heterocycles. The molecule has 0 radical (unpaired) electrons. The fourth-order valence-corrected chi connectivity index (χ4v) is 5.52. The van der Waals surface area contributed by atoms with Crippen molar-refractivity contribution in [2.45, 2.75) is 50.0 Å². The van der Waals surface area contributed by atoms with Crippen LogP contribution < -0.4 is 22.5 Å². The molecule has 2 amide bonds. The van der Waals surface area contributed by atoms with Crippen LogP contribution in [0.25, 0.3) is 0 Å². The summed E-state index contributed by atoms with van der Waals surface area (Å²) in [5.41, 5.74) is 15.5. The fraction of sp³-hybridized carbons (Fsp3) is 0.524. The predicted octanol–water partition coefficient (Wildman–Crippen LogP) is -3.05. The van der Waals surface area contributed by atoms with Gasteiger partial charge in [0, 0.05) is 31.8 Å². The van der Waals surface area contributed by atoms with Gasteiger partial charge in [0.25, 0.3) is 11.8 Å². The highest BCUT2D eigenvalue weighted by molar-refractivity contribution is 7.84. The van der Waals surface area contributed by atoms with E-state index in [1.54, 1.807) is 4.90 Å². The summed E-state index contributed by atoms with van der Waals surface area (Å²) in [4.78, 5) is 53.4. The van der Waals surface area contributed by atoms with Crippen LogP contribution in [0.15, 0.2) is 21.7 Å². The van der Waals surface area contributed by atoms with Crippen LogP contribution in [-0.2, 0) is 42.6 Å². The second kappa shape index (κ2) is 12.4. The molecule has 2 aromatic heterocycles. The summed E-state index contributed by atoms with van der Waals surface area (Å²) < 4.78 is 33.8. The molecule has 1 aliphatic heterocycles. The van der Waals surface area contributed by atoms with Crippen LogP contribution in [-0.4, -0.2) is 115 Å². The summed E-state index contributed by atoms with van der Waals surface area (Å²) >= 11 is 0.966. The number of nitrogen functional groups attached to an aromatic ring is 1. The summed E-state index contributed by atoms with van der Waals surface area (Å²) in [6.45, 7) is 0.748. The van der Waals surface area contributed by atoms with E-state index >= 15 is 0 Å². The number of guanidine groups is 1. The van der Waals surface area contributed by atoms with Gasteiger partial charge in [0.15, 0.2) is 16.8 Å². The van der Waals surface area contributed by atoms with Crippen LogP contribution in [0.1, 0.15) is 30.7 Å². The van der Waals surface area contributed by atoms with E-state index in [0.717, 1.165) is 16.1 Å². The van der Waals surface area contributed by atoms with Crippen molar-refractivity contribution in [3.63, 3.8) is 0 Å². The maximum absolute atomic E-state index is 13.3. The van der Waals surface area contributed by atoms with Crippen molar-refractivity contribution in [1.29, 1.82) is 0 Å². The fourth-order valence-electron chi connectivity index (χ4n) is 4.10. The number of aliphatic imine (C=N–C) groups is 1. The van der Waals surface area contributed by atoms with Gasteiger partial charge < -0.3 is 37.4 Å². The van der Waals surface area contributed by atoms with Gasteiger partial charge in [-0.25, -0.2) is 14.1 Å². The second-order valence-electron chi connectivity index (χ2n) is 9.57. The number of amides is 2. The van der Waals surface area contributed by atoms with Crippen LogP contribution in [0, 0.1) is 0 Å².